The van der Waals surface area contributed by atoms with Crippen molar-refractivity contribution in [2.75, 3.05) is 12.8 Å². The van der Waals surface area contributed by atoms with Crippen LogP contribution in [0.4, 0.5) is 0 Å². The van der Waals surface area contributed by atoms with E-state index in [4.69, 9.17) is 0 Å². The quantitative estimate of drug-likeness (QED) is 0.359. The summed E-state index contributed by atoms with van der Waals surface area (Å²) < 4.78 is 30.1. The number of nitrogens with zero attached hydrogens (tertiary/aromatic N) is 1. The highest BCUT2D eigenvalue weighted by Gasteiger charge is 2.40. The second kappa shape index (κ2) is 8.35. The van der Waals surface area contributed by atoms with Crippen molar-refractivity contribution in [2.45, 2.75) is 43.0 Å². The summed E-state index contributed by atoms with van der Waals surface area (Å²) in [6, 6.07) is 20.0. The number of aryl methyl sites for hydroxylation is 3. The molecular weight excluding hydrogens is 448 g/mol. The second-order valence-corrected chi connectivity index (χ2v) is 11.5. The van der Waals surface area contributed by atoms with Crippen LogP contribution < -0.4 is 0 Å². The highest BCUT2D eigenvalue weighted by atomic mass is 32.2. The molecule has 0 radical (unpaired) electrons. The van der Waals surface area contributed by atoms with Crippen LogP contribution in [-0.4, -0.2) is 30.5 Å². The van der Waals surface area contributed by atoms with E-state index in [0.29, 0.717) is 17.9 Å². The van der Waals surface area contributed by atoms with E-state index in [1.165, 1.54) is 10.9 Å². The SMILES string of the molecule is CSc1ccc([C@H]2c3[nH]c4ccccc4c3CCN2S(=O)(=O)c2c(C)cc(C)cc2C)cc1. The van der Waals surface area contributed by atoms with E-state index < -0.39 is 16.1 Å². The lowest BCUT2D eigenvalue weighted by Crippen LogP contribution is -2.41. The summed E-state index contributed by atoms with van der Waals surface area (Å²) in [6.07, 6.45) is 2.73. The fourth-order valence-electron chi connectivity index (χ4n) is 5.29. The van der Waals surface area contributed by atoms with Gasteiger partial charge in [0.15, 0.2) is 0 Å². The van der Waals surface area contributed by atoms with Gasteiger partial charge in [0, 0.05) is 28.0 Å². The molecule has 1 aliphatic heterocycles. The van der Waals surface area contributed by atoms with Gasteiger partial charge in [-0.3, -0.25) is 0 Å². The standard InChI is InChI=1S/C27H28N2O2S2/c1-17-15-18(2)27(19(3)16-17)33(30,31)29-14-13-23-22-7-5-6-8-24(22)28-25(23)26(29)20-9-11-21(32-4)12-10-20/h5-12,15-16,26,28H,13-14H2,1-4H3/t26-/m0/s1. The number of H-pyrrole nitrogens is 1. The van der Waals surface area contributed by atoms with Gasteiger partial charge in [0.25, 0.3) is 0 Å². The number of benzene rings is 3. The summed E-state index contributed by atoms with van der Waals surface area (Å²) in [5.41, 5.74) is 6.89. The monoisotopic (exact) mass is 476 g/mol. The van der Waals surface area contributed by atoms with Gasteiger partial charge in [0.2, 0.25) is 10.0 Å². The Morgan fingerprint density at radius 2 is 1.64 bits per heavy atom. The molecule has 3 aromatic carbocycles. The zero-order chi connectivity index (χ0) is 23.3. The molecule has 1 N–H and O–H groups in total. The van der Waals surface area contributed by atoms with Gasteiger partial charge in [-0.25, -0.2) is 8.42 Å². The van der Waals surface area contributed by atoms with Crippen LogP contribution in [-0.2, 0) is 16.4 Å². The fourth-order valence-corrected chi connectivity index (χ4v) is 7.70. The molecule has 170 valence electrons. The zero-order valence-corrected chi connectivity index (χ0v) is 21.0. The Hall–Kier alpha value is -2.54. The van der Waals surface area contributed by atoms with Crippen LogP contribution in [0.3, 0.4) is 0 Å². The van der Waals surface area contributed by atoms with Crippen LogP contribution in [0.5, 0.6) is 0 Å². The van der Waals surface area contributed by atoms with Crippen molar-refractivity contribution < 1.29 is 8.42 Å². The Morgan fingerprint density at radius 3 is 2.30 bits per heavy atom. The average molecular weight is 477 g/mol. The predicted octanol–water partition coefficient (Wildman–Crippen LogP) is 6.15. The molecule has 1 aliphatic rings. The third-order valence-corrected chi connectivity index (χ3v) is 9.51. The number of nitrogens with one attached hydrogen (secondary N) is 1. The molecule has 1 atom stereocenters. The minimum absolute atomic E-state index is 0.401. The maximum atomic E-state index is 14.2. The molecule has 0 saturated heterocycles. The second-order valence-electron chi connectivity index (χ2n) is 8.83. The lowest BCUT2D eigenvalue weighted by atomic mass is 9.94. The topological polar surface area (TPSA) is 53.2 Å². The molecule has 0 aliphatic carbocycles. The summed E-state index contributed by atoms with van der Waals surface area (Å²) in [4.78, 5) is 5.16. The molecule has 0 saturated carbocycles. The van der Waals surface area contributed by atoms with Crippen LogP contribution in [0.2, 0.25) is 0 Å². The largest absolute Gasteiger partial charge is 0.357 e. The molecule has 0 bridgehead atoms. The van der Waals surface area contributed by atoms with Crippen molar-refractivity contribution in [1.29, 1.82) is 0 Å². The van der Waals surface area contributed by atoms with Crippen molar-refractivity contribution in [2.24, 2.45) is 0 Å². The summed E-state index contributed by atoms with van der Waals surface area (Å²) in [6.45, 7) is 6.24. The molecule has 0 amide bonds. The minimum atomic E-state index is -3.73. The minimum Gasteiger partial charge on any atom is -0.357 e. The smallest absolute Gasteiger partial charge is 0.244 e. The van der Waals surface area contributed by atoms with E-state index >= 15 is 0 Å². The number of para-hydroxylation sites is 1. The van der Waals surface area contributed by atoms with Crippen molar-refractivity contribution in [3.05, 3.63) is 94.2 Å². The van der Waals surface area contributed by atoms with E-state index in [-0.39, 0.29) is 0 Å². The van der Waals surface area contributed by atoms with Crippen LogP contribution >= 0.6 is 11.8 Å². The van der Waals surface area contributed by atoms with Crippen LogP contribution in [0.1, 0.15) is 39.6 Å². The highest BCUT2D eigenvalue weighted by molar-refractivity contribution is 7.98. The maximum Gasteiger partial charge on any atom is 0.244 e. The van der Waals surface area contributed by atoms with Gasteiger partial charge in [-0.2, -0.15) is 4.31 Å². The van der Waals surface area contributed by atoms with Crippen molar-refractivity contribution in [1.82, 2.24) is 9.29 Å². The first kappa shape index (κ1) is 22.3. The molecule has 4 nitrogen and oxygen atoms in total. The number of sulfonamides is 1. The van der Waals surface area contributed by atoms with Gasteiger partial charge >= 0.3 is 0 Å². The lowest BCUT2D eigenvalue weighted by Gasteiger charge is -2.36. The fraction of sp³-hybridized carbons (Fsp3) is 0.259. The van der Waals surface area contributed by atoms with Crippen LogP contribution in [0.15, 0.2) is 70.5 Å². The summed E-state index contributed by atoms with van der Waals surface area (Å²) in [5.74, 6) is 0. The van der Waals surface area contributed by atoms with Gasteiger partial charge in [-0.1, -0.05) is 48.0 Å². The number of hydrogen-bond acceptors (Lipinski definition) is 3. The zero-order valence-electron chi connectivity index (χ0n) is 19.3. The molecular formula is C27H28N2O2S2. The third kappa shape index (κ3) is 3.70. The van der Waals surface area contributed by atoms with Gasteiger partial charge < -0.3 is 4.98 Å². The summed E-state index contributed by atoms with van der Waals surface area (Å²) in [5, 5.41) is 1.18. The Morgan fingerprint density at radius 1 is 0.970 bits per heavy atom. The average Bonchev–Trinajstić information content (AvgIpc) is 3.16. The number of thioether (sulfide) groups is 1. The first-order valence-electron chi connectivity index (χ1n) is 11.1. The van der Waals surface area contributed by atoms with Gasteiger partial charge in [-0.05, 0) is 73.9 Å². The van der Waals surface area contributed by atoms with E-state index in [1.54, 1.807) is 16.1 Å². The third-order valence-electron chi connectivity index (χ3n) is 6.59. The van der Waals surface area contributed by atoms with Gasteiger partial charge in [0.05, 0.1) is 10.9 Å². The molecule has 5 rings (SSSR count). The van der Waals surface area contributed by atoms with Gasteiger partial charge in [-0.15, -0.1) is 11.8 Å². The number of rotatable bonds is 4. The van der Waals surface area contributed by atoms with Crippen LogP contribution in [0, 0.1) is 20.8 Å². The predicted molar refractivity (Wildman–Crippen MR) is 137 cm³/mol. The number of fused-ring (bicyclic) bond motifs is 3. The number of aromatic nitrogens is 1. The Kier molecular flexibility index (Phi) is 5.63. The first-order valence-corrected chi connectivity index (χ1v) is 13.8. The molecule has 2 heterocycles. The highest BCUT2D eigenvalue weighted by Crippen LogP contribution is 2.42. The van der Waals surface area contributed by atoms with E-state index in [1.807, 2.05) is 51.3 Å². The van der Waals surface area contributed by atoms with Crippen molar-refractivity contribution >= 4 is 32.7 Å². The van der Waals surface area contributed by atoms with Crippen molar-refractivity contribution in [3.8, 4) is 0 Å². The normalized spacial score (nSPS) is 16.8. The van der Waals surface area contributed by atoms with Gasteiger partial charge in [0.1, 0.15) is 0 Å². The lowest BCUT2D eigenvalue weighted by molar-refractivity contribution is 0.340. The molecule has 33 heavy (non-hydrogen) atoms. The Balaban J connectivity index is 1.72. The summed E-state index contributed by atoms with van der Waals surface area (Å²) in [7, 11) is -3.73. The maximum absolute atomic E-state index is 14.2. The van der Waals surface area contributed by atoms with Crippen LogP contribution in [0.25, 0.3) is 10.9 Å². The van der Waals surface area contributed by atoms with E-state index in [9.17, 15) is 8.42 Å². The first-order chi connectivity index (χ1) is 15.8. The van der Waals surface area contributed by atoms with E-state index in [2.05, 4.69) is 41.4 Å². The molecule has 0 fully saturated rings. The molecule has 6 heteroatoms. The Bertz CT molecular complexity index is 1430. The molecule has 0 spiro atoms. The van der Waals surface area contributed by atoms with Crippen molar-refractivity contribution in [3.63, 3.8) is 0 Å². The summed E-state index contributed by atoms with van der Waals surface area (Å²) >= 11 is 1.68. The number of aromatic amines is 1. The molecule has 4 aromatic rings. The number of hydrogen-bond donors (Lipinski definition) is 1. The molecule has 0 unspecified atom stereocenters. The van der Waals surface area contributed by atoms with E-state index in [0.717, 1.165) is 38.4 Å². The molecule has 1 aromatic heterocycles. The Labute approximate surface area is 200 Å².